The summed E-state index contributed by atoms with van der Waals surface area (Å²) in [6.07, 6.45) is 1.46. The molecule has 0 saturated carbocycles. The van der Waals surface area contributed by atoms with Gasteiger partial charge in [-0.25, -0.2) is 13.6 Å². The number of thiazole rings is 1. The van der Waals surface area contributed by atoms with Crippen LogP contribution in [0.25, 0.3) is 39.2 Å². The van der Waals surface area contributed by atoms with E-state index in [1.54, 1.807) is 41.8 Å². The van der Waals surface area contributed by atoms with Crippen molar-refractivity contribution in [2.75, 3.05) is 12.4 Å². The SMILES string of the molecule is CN/C(C(=O)Nc1nc(-c2ccc(-c3ccc(F)cc3)o2)cs1)=C(/O)c1sc(-c2ccco2)cc1S(=O)O. The van der Waals surface area contributed by atoms with Crippen molar-refractivity contribution < 1.29 is 31.9 Å². The van der Waals surface area contributed by atoms with Crippen LogP contribution in [0.5, 0.6) is 0 Å². The van der Waals surface area contributed by atoms with E-state index in [0.29, 0.717) is 33.4 Å². The van der Waals surface area contributed by atoms with Crippen molar-refractivity contribution in [3.8, 4) is 33.4 Å². The van der Waals surface area contributed by atoms with Crippen LogP contribution < -0.4 is 10.6 Å². The van der Waals surface area contributed by atoms with Gasteiger partial charge in [-0.2, -0.15) is 0 Å². The average molecular weight is 572 g/mol. The van der Waals surface area contributed by atoms with Gasteiger partial charge in [0.15, 0.2) is 27.7 Å². The predicted octanol–water partition coefficient (Wildman–Crippen LogP) is 6.20. The Balaban J connectivity index is 1.38. The first-order chi connectivity index (χ1) is 18.3. The lowest BCUT2D eigenvalue weighted by atomic mass is 10.2. The molecule has 1 aromatic carbocycles. The summed E-state index contributed by atoms with van der Waals surface area (Å²) in [6.45, 7) is 0. The van der Waals surface area contributed by atoms with Gasteiger partial charge in [0.05, 0.1) is 20.9 Å². The summed E-state index contributed by atoms with van der Waals surface area (Å²) in [5, 5.41) is 18.1. The summed E-state index contributed by atoms with van der Waals surface area (Å²) in [4.78, 5) is 17.9. The number of aliphatic hydroxyl groups is 1. The highest BCUT2D eigenvalue weighted by atomic mass is 32.2. The number of nitrogens with zero attached hydrogens (tertiary/aromatic N) is 1. The summed E-state index contributed by atoms with van der Waals surface area (Å²) in [6, 6.07) is 14.1. The van der Waals surface area contributed by atoms with E-state index in [1.807, 2.05) is 0 Å². The number of nitrogens with one attached hydrogen (secondary N) is 2. The molecule has 0 spiro atoms. The number of hydrogen-bond donors (Lipinski definition) is 4. The molecule has 0 radical (unpaired) electrons. The first-order valence-electron chi connectivity index (χ1n) is 10.9. The van der Waals surface area contributed by atoms with Gasteiger partial charge >= 0.3 is 0 Å². The third-order valence-corrected chi connectivity index (χ3v) is 8.03. The molecular formula is C25H18FN3O6S3. The van der Waals surface area contributed by atoms with Gasteiger partial charge in [-0.15, -0.1) is 22.7 Å². The number of hydrogen-bond acceptors (Lipinski definition) is 9. The topological polar surface area (TPSA) is 138 Å². The van der Waals surface area contributed by atoms with Crippen LogP contribution in [0.3, 0.4) is 0 Å². The van der Waals surface area contributed by atoms with E-state index in [1.165, 1.54) is 31.5 Å². The molecule has 0 saturated heterocycles. The number of aromatic nitrogens is 1. The number of anilines is 1. The zero-order valence-electron chi connectivity index (χ0n) is 19.4. The molecule has 4 aromatic heterocycles. The first-order valence-corrected chi connectivity index (χ1v) is 13.7. The molecule has 5 aromatic rings. The lowest BCUT2D eigenvalue weighted by Crippen LogP contribution is -2.24. The van der Waals surface area contributed by atoms with Crippen LogP contribution in [0.4, 0.5) is 9.52 Å². The van der Waals surface area contributed by atoms with Crippen LogP contribution in [0.1, 0.15) is 4.88 Å². The Hall–Kier alpha value is -4.04. The summed E-state index contributed by atoms with van der Waals surface area (Å²) < 4.78 is 46.0. The van der Waals surface area contributed by atoms with E-state index < -0.39 is 22.7 Å². The van der Waals surface area contributed by atoms with Crippen LogP contribution in [0.15, 0.2) is 85.7 Å². The van der Waals surface area contributed by atoms with Crippen molar-refractivity contribution >= 4 is 50.6 Å². The fourth-order valence-electron chi connectivity index (χ4n) is 3.51. The number of likely N-dealkylation sites (N-methyl/N-ethyl adjacent to an activating group) is 1. The van der Waals surface area contributed by atoms with Crippen LogP contribution in [-0.4, -0.2) is 31.8 Å². The van der Waals surface area contributed by atoms with E-state index in [4.69, 9.17) is 8.83 Å². The first kappa shape index (κ1) is 25.6. The van der Waals surface area contributed by atoms with Gasteiger partial charge in [0.25, 0.3) is 5.91 Å². The van der Waals surface area contributed by atoms with Gasteiger partial charge in [0.2, 0.25) is 0 Å². The van der Waals surface area contributed by atoms with Crippen molar-refractivity contribution in [2.45, 2.75) is 4.90 Å². The van der Waals surface area contributed by atoms with Gasteiger partial charge in [-0.05, 0) is 54.6 Å². The molecule has 0 fully saturated rings. The Kier molecular flexibility index (Phi) is 7.24. The number of amides is 1. The number of furan rings is 2. The quantitative estimate of drug-likeness (QED) is 0.0982. The van der Waals surface area contributed by atoms with Gasteiger partial charge in [-0.1, -0.05) is 0 Å². The standard InChI is InChI=1S/C25H18FN3O6S3/c1-27-21(22(30)23-20(38(32)33)11-19(37-23)18-3-2-10-34-18)24(31)29-25-28-15(12-36-25)17-9-8-16(35-17)13-4-6-14(26)7-5-13/h2-12,27,30H,1H3,(H,32,33)(H,28,29,31)/b22-21+. The number of rotatable bonds is 8. The fourth-order valence-corrected chi connectivity index (χ4v) is 6.06. The summed E-state index contributed by atoms with van der Waals surface area (Å²) in [7, 11) is 1.44. The Morgan fingerprint density at radius 3 is 2.55 bits per heavy atom. The lowest BCUT2D eigenvalue weighted by molar-refractivity contribution is -0.113. The molecule has 0 aliphatic heterocycles. The third-order valence-electron chi connectivity index (χ3n) is 5.29. The molecule has 0 aliphatic rings. The number of thiophene rings is 1. The molecule has 194 valence electrons. The normalized spacial score (nSPS) is 12.7. The second kappa shape index (κ2) is 10.8. The highest BCUT2D eigenvalue weighted by molar-refractivity contribution is 7.79. The van der Waals surface area contributed by atoms with E-state index >= 15 is 0 Å². The van der Waals surface area contributed by atoms with E-state index in [9.17, 15) is 23.1 Å². The third kappa shape index (κ3) is 5.17. The highest BCUT2D eigenvalue weighted by Gasteiger charge is 2.24. The second-order valence-corrected chi connectivity index (χ2v) is 10.5. The zero-order chi connectivity index (χ0) is 26.8. The molecule has 9 nitrogen and oxygen atoms in total. The van der Waals surface area contributed by atoms with Crippen LogP contribution >= 0.6 is 22.7 Å². The predicted molar refractivity (Wildman–Crippen MR) is 144 cm³/mol. The number of benzene rings is 1. The summed E-state index contributed by atoms with van der Waals surface area (Å²) in [5.41, 5.74) is 0.947. The maximum absolute atomic E-state index is 13.2. The number of carbonyl (C=O) groups is 1. The van der Waals surface area contributed by atoms with Crippen molar-refractivity contribution in [1.82, 2.24) is 10.3 Å². The number of halogens is 1. The minimum atomic E-state index is -2.43. The molecule has 38 heavy (non-hydrogen) atoms. The number of carbonyl (C=O) groups excluding carboxylic acids is 1. The Morgan fingerprint density at radius 2 is 1.87 bits per heavy atom. The van der Waals surface area contributed by atoms with Gasteiger partial charge in [0, 0.05) is 18.0 Å². The van der Waals surface area contributed by atoms with Crippen LogP contribution in [0.2, 0.25) is 0 Å². The Morgan fingerprint density at radius 1 is 1.11 bits per heavy atom. The van der Waals surface area contributed by atoms with Crippen molar-refractivity contribution in [2.24, 2.45) is 0 Å². The minimum Gasteiger partial charge on any atom is -0.504 e. The molecule has 0 aliphatic carbocycles. The Bertz CT molecular complexity index is 1650. The summed E-state index contributed by atoms with van der Waals surface area (Å²) >= 11 is -0.282. The molecule has 1 unspecified atom stereocenters. The molecule has 1 atom stereocenters. The van der Waals surface area contributed by atoms with E-state index in [-0.39, 0.29) is 26.4 Å². The fraction of sp³-hybridized carbons (Fsp3) is 0.0400. The molecule has 4 heterocycles. The van der Waals surface area contributed by atoms with Gasteiger partial charge < -0.3 is 23.8 Å². The van der Waals surface area contributed by atoms with Gasteiger partial charge in [0.1, 0.15) is 28.7 Å². The Labute approximate surface area is 225 Å². The van der Waals surface area contributed by atoms with E-state index in [0.717, 1.165) is 22.7 Å². The molecule has 5 rings (SSSR count). The van der Waals surface area contributed by atoms with Crippen LogP contribution in [0, 0.1) is 5.82 Å². The molecule has 1 amide bonds. The molecular weight excluding hydrogens is 553 g/mol. The smallest absolute Gasteiger partial charge is 0.277 e. The lowest BCUT2D eigenvalue weighted by Gasteiger charge is -2.09. The molecule has 13 heteroatoms. The van der Waals surface area contributed by atoms with Crippen molar-refractivity contribution in [3.63, 3.8) is 0 Å². The molecule has 0 bridgehead atoms. The maximum Gasteiger partial charge on any atom is 0.277 e. The van der Waals surface area contributed by atoms with E-state index in [2.05, 4.69) is 15.6 Å². The molecule has 4 N–H and O–H groups in total. The maximum atomic E-state index is 13.2. The largest absolute Gasteiger partial charge is 0.504 e. The second-order valence-electron chi connectivity index (χ2n) is 7.67. The van der Waals surface area contributed by atoms with Crippen molar-refractivity contribution in [1.29, 1.82) is 0 Å². The van der Waals surface area contributed by atoms with Crippen LogP contribution in [-0.2, 0) is 15.9 Å². The average Bonchev–Trinajstić information content (AvgIpc) is 3.71. The summed E-state index contributed by atoms with van der Waals surface area (Å²) in [5.74, 6) is -0.124. The highest BCUT2D eigenvalue weighted by Crippen LogP contribution is 2.37. The van der Waals surface area contributed by atoms with Crippen molar-refractivity contribution in [3.05, 3.63) is 82.6 Å². The number of aliphatic hydroxyl groups excluding tert-OH is 1. The van der Waals surface area contributed by atoms with Gasteiger partial charge in [-0.3, -0.25) is 10.1 Å². The minimum absolute atomic E-state index is 0.0421. The monoisotopic (exact) mass is 571 g/mol. The zero-order valence-corrected chi connectivity index (χ0v) is 21.9.